The molecule has 0 amide bonds. The van der Waals surface area contributed by atoms with Crippen LogP contribution in [0.3, 0.4) is 0 Å². The van der Waals surface area contributed by atoms with E-state index in [2.05, 4.69) is 113 Å². The maximum Gasteiger partial charge on any atom is 0.164 e. The van der Waals surface area contributed by atoms with Crippen LogP contribution in [-0.4, -0.2) is 22.4 Å². The fourth-order valence-corrected chi connectivity index (χ4v) is 22.6. The highest BCUT2D eigenvalue weighted by Gasteiger charge is 2.54. The Morgan fingerprint density at radius 3 is 1.50 bits per heavy atom. The molecule has 0 fully saturated rings. The van der Waals surface area contributed by atoms with Crippen LogP contribution in [0.4, 0.5) is 5.69 Å². The third-order valence-electron chi connectivity index (χ3n) is 8.88. The van der Waals surface area contributed by atoms with Crippen LogP contribution in [0.1, 0.15) is 95.6 Å². The summed E-state index contributed by atoms with van der Waals surface area (Å²) in [5, 5.41) is 1.79. The fourth-order valence-electron chi connectivity index (χ4n) is 8.40. The van der Waals surface area contributed by atoms with Gasteiger partial charge < -0.3 is 4.57 Å². The summed E-state index contributed by atoms with van der Waals surface area (Å²) in [6, 6.07) is 8.06. The van der Waals surface area contributed by atoms with Gasteiger partial charge in [-0.05, 0) is 58.2 Å². The molecule has 1 heterocycles. The van der Waals surface area contributed by atoms with Crippen LogP contribution in [0.2, 0.25) is 33.2 Å². The van der Waals surface area contributed by atoms with Crippen molar-refractivity contribution in [1.82, 2.24) is 0 Å². The maximum atomic E-state index is 3.02. The van der Waals surface area contributed by atoms with E-state index in [-0.39, 0.29) is 0 Å². The summed E-state index contributed by atoms with van der Waals surface area (Å²) in [5.74, 6) is 0. The van der Waals surface area contributed by atoms with Crippen molar-refractivity contribution in [1.29, 1.82) is 0 Å². The zero-order valence-corrected chi connectivity index (χ0v) is 24.4. The van der Waals surface area contributed by atoms with Crippen LogP contribution < -0.4 is 9.75 Å². The SMILES string of the molecule is CC(C)[Si](c1cccc2c1C[C@H](C)N2[Si](C(C)C)(C(C)C)C(C)C)(C(C)C)C(C)C. The zero-order valence-electron chi connectivity index (χ0n) is 22.4. The van der Waals surface area contributed by atoms with E-state index in [0.29, 0.717) is 6.04 Å². The number of hydrogen-bond donors (Lipinski definition) is 0. The maximum absolute atomic E-state index is 3.02. The molecule has 0 unspecified atom stereocenters. The smallest absolute Gasteiger partial charge is 0.164 e. The largest absolute Gasteiger partial charge is 0.394 e. The lowest BCUT2D eigenvalue weighted by Crippen LogP contribution is -2.62. The first-order valence-corrected chi connectivity index (χ1v) is 17.1. The van der Waals surface area contributed by atoms with E-state index in [0.717, 1.165) is 33.2 Å². The molecular formula is C27H51NSi2. The molecule has 1 aliphatic rings. The van der Waals surface area contributed by atoms with Gasteiger partial charge in [0.15, 0.2) is 8.24 Å². The van der Waals surface area contributed by atoms with E-state index in [1.807, 2.05) is 0 Å². The Bertz CT molecular complexity index is 674. The van der Waals surface area contributed by atoms with Crippen LogP contribution in [0, 0.1) is 0 Å². The van der Waals surface area contributed by atoms with Gasteiger partial charge in [0.1, 0.15) is 0 Å². The lowest BCUT2D eigenvalue weighted by atomic mass is 10.1. The summed E-state index contributed by atoms with van der Waals surface area (Å²) in [6.45, 7) is 32.6. The van der Waals surface area contributed by atoms with Crippen molar-refractivity contribution in [2.45, 2.75) is 136 Å². The number of anilines is 1. The van der Waals surface area contributed by atoms with E-state index >= 15 is 0 Å². The standard InChI is InChI=1S/C27H51NSi2/c1-18(2)29(19(3)4,20(5)6)27-16-14-15-26-25(27)17-24(13)28(26)30(21(7)8,22(9)10)23(11)12/h14-16,18-24H,17H2,1-13H3/t24-/m0/s1. The van der Waals surface area contributed by atoms with Gasteiger partial charge in [0, 0.05) is 11.7 Å². The van der Waals surface area contributed by atoms with E-state index in [9.17, 15) is 0 Å². The van der Waals surface area contributed by atoms with Gasteiger partial charge in [0.05, 0.1) is 8.07 Å². The first-order chi connectivity index (χ1) is 13.8. The van der Waals surface area contributed by atoms with Crippen molar-refractivity contribution < 1.29 is 0 Å². The molecule has 1 aliphatic heterocycles. The average Bonchev–Trinajstić information content (AvgIpc) is 2.91. The second-order valence-corrected chi connectivity index (χ2v) is 23.6. The Balaban J connectivity index is 2.84. The molecule has 0 saturated heterocycles. The van der Waals surface area contributed by atoms with Crippen molar-refractivity contribution in [2.24, 2.45) is 0 Å². The van der Waals surface area contributed by atoms with Crippen LogP contribution >= 0.6 is 0 Å². The molecule has 30 heavy (non-hydrogen) atoms. The molecule has 0 N–H and O–H groups in total. The third kappa shape index (κ3) is 3.56. The molecule has 0 saturated carbocycles. The number of nitrogens with zero attached hydrogens (tertiary/aromatic N) is 1. The molecule has 1 atom stereocenters. The predicted octanol–water partition coefficient (Wildman–Crippen LogP) is 8.50. The third-order valence-corrected chi connectivity index (χ3v) is 23.1. The first-order valence-electron chi connectivity index (χ1n) is 12.7. The Morgan fingerprint density at radius 1 is 0.700 bits per heavy atom. The molecule has 0 bridgehead atoms. The zero-order chi connectivity index (χ0) is 23.2. The van der Waals surface area contributed by atoms with Gasteiger partial charge in [-0.3, -0.25) is 0 Å². The number of fused-ring (bicyclic) bond motifs is 1. The average molecular weight is 446 g/mol. The van der Waals surface area contributed by atoms with Crippen LogP contribution in [0.15, 0.2) is 18.2 Å². The van der Waals surface area contributed by atoms with Gasteiger partial charge in [-0.15, -0.1) is 0 Å². The van der Waals surface area contributed by atoms with Crippen molar-refractivity contribution in [3.63, 3.8) is 0 Å². The Morgan fingerprint density at radius 2 is 1.13 bits per heavy atom. The molecule has 172 valence electrons. The van der Waals surface area contributed by atoms with Gasteiger partial charge in [0.2, 0.25) is 0 Å². The molecule has 0 aromatic heterocycles. The summed E-state index contributed by atoms with van der Waals surface area (Å²) >= 11 is 0. The van der Waals surface area contributed by atoms with Gasteiger partial charge in [0.25, 0.3) is 0 Å². The second kappa shape index (κ2) is 9.13. The van der Waals surface area contributed by atoms with Gasteiger partial charge in [-0.25, -0.2) is 0 Å². The van der Waals surface area contributed by atoms with Crippen molar-refractivity contribution in [3.05, 3.63) is 23.8 Å². The fraction of sp³-hybridized carbons (Fsp3) is 0.778. The minimum Gasteiger partial charge on any atom is -0.394 e. The topological polar surface area (TPSA) is 3.24 Å². The minimum absolute atomic E-state index is 0.623. The van der Waals surface area contributed by atoms with Gasteiger partial charge >= 0.3 is 0 Å². The highest BCUT2D eigenvalue weighted by molar-refractivity contribution is 6.95. The highest BCUT2D eigenvalue weighted by Crippen LogP contribution is 2.51. The van der Waals surface area contributed by atoms with Gasteiger partial charge in [-0.2, -0.15) is 0 Å². The molecule has 3 heteroatoms. The number of benzene rings is 1. The van der Waals surface area contributed by atoms with Crippen LogP contribution in [-0.2, 0) is 6.42 Å². The van der Waals surface area contributed by atoms with Crippen LogP contribution in [0.25, 0.3) is 0 Å². The summed E-state index contributed by atoms with van der Waals surface area (Å²) in [5.41, 5.74) is 7.86. The number of rotatable bonds is 8. The molecule has 1 aromatic rings. The molecule has 1 aromatic carbocycles. The molecular weight excluding hydrogens is 394 g/mol. The Hall–Kier alpha value is -0.546. The summed E-state index contributed by atoms with van der Waals surface area (Å²) in [4.78, 5) is 0. The van der Waals surface area contributed by atoms with Gasteiger partial charge in [-0.1, -0.05) is 100 Å². The van der Waals surface area contributed by atoms with E-state index < -0.39 is 16.3 Å². The van der Waals surface area contributed by atoms with Crippen molar-refractivity contribution in [3.8, 4) is 0 Å². The predicted molar refractivity (Wildman–Crippen MR) is 144 cm³/mol. The van der Waals surface area contributed by atoms with Crippen LogP contribution in [0.5, 0.6) is 0 Å². The van der Waals surface area contributed by atoms with E-state index in [1.165, 1.54) is 6.42 Å². The van der Waals surface area contributed by atoms with Crippen molar-refractivity contribution in [2.75, 3.05) is 4.57 Å². The summed E-state index contributed by atoms with van der Waals surface area (Å²) in [7, 11) is -3.40. The van der Waals surface area contributed by atoms with E-state index in [1.54, 1.807) is 16.4 Å². The Labute approximate surface area is 191 Å². The first kappa shape index (κ1) is 25.7. The molecule has 0 radical (unpaired) electrons. The summed E-state index contributed by atoms with van der Waals surface area (Å²) in [6.07, 6.45) is 1.24. The lowest BCUT2D eigenvalue weighted by molar-refractivity contribution is 0.704. The normalized spacial score (nSPS) is 18.1. The Kier molecular flexibility index (Phi) is 7.83. The second-order valence-electron chi connectivity index (χ2n) is 12.0. The molecule has 2 rings (SSSR count). The van der Waals surface area contributed by atoms with E-state index in [4.69, 9.17) is 0 Å². The monoisotopic (exact) mass is 445 g/mol. The lowest BCUT2D eigenvalue weighted by Gasteiger charge is -2.53. The summed E-state index contributed by atoms with van der Waals surface area (Å²) < 4.78 is 3.02. The molecule has 1 nitrogen and oxygen atoms in total. The molecule has 0 aliphatic carbocycles. The molecule has 0 spiro atoms. The number of hydrogen-bond acceptors (Lipinski definition) is 1. The van der Waals surface area contributed by atoms with Crippen molar-refractivity contribution >= 4 is 27.2 Å². The highest BCUT2D eigenvalue weighted by atomic mass is 28.3. The minimum atomic E-state index is -1.72. The quantitative estimate of drug-likeness (QED) is 0.362.